The van der Waals surface area contributed by atoms with Crippen LogP contribution in [0.2, 0.25) is 5.02 Å². The van der Waals surface area contributed by atoms with E-state index in [4.69, 9.17) is 16.6 Å². The number of thiazole rings is 1. The first-order valence-electron chi connectivity index (χ1n) is 14.9. The second-order valence-electron chi connectivity index (χ2n) is 11.8. The number of hydrogen-bond donors (Lipinski definition) is 2. The second-order valence-corrected chi connectivity index (χ2v) is 15.1. The zero-order valence-corrected chi connectivity index (χ0v) is 27.1. The number of nitrogens with zero attached hydrogens (tertiary/aromatic N) is 6. The van der Waals surface area contributed by atoms with E-state index in [0.717, 1.165) is 12.3 Å². The molecule has 1 aromatic carbocycles. The van der Waals surface area contributed by atoms with E-state index in [1.165, 1.54) is 29.5 Å². The molecule has 3 aromatic heterocycles. The highest BCUT2D eigenvalue weighted by molar-refractivity contribution is 7.90. The fraction of sp³-hybridized carbons (Fsp3) is 0.355. The van der Waals surface area contributed by atoms with E-state index in [0.29, 0.717) is 37.9 Å². The number of nitrogens with one attached hydrogen (secondary N) is 1. The number of alkyl halides is 2. The quantitative estimate of drug-likeness (QED) is 0.243. The standard InChI is InChI=1S/C31H29ClF3N7O3S2/c32-23-14-19(33)3-4-22(23)27-26(24-7-12-42(39-24)30(34)35)25-15-20(17-41(25)28(38-27)29-37-11-13-46-29)40-47(44,45)21-5-8-31(43,9-6-21)18-2-1-10-36-16-18/h1-4,7,10-14,16,20-21,27,30,40,43H,5-6,8-9,15,17H2/t20-,21-,27-,31+/m0/s1. The lowest BCUT2D eigenvalue weighted by atomic mass is 9.80. The van der Waals surface area contributed by atoms with Crippen molar-refractivity contribution in [2.45, 2.75) is 61.6 Å². The summed E-state index contributed by atoms with van der Waals surface area (Å²) in [5, 5.41) is 17.1. The maximum atomic E-state index is 14.1. The monoisotopic (exact) mass is 703 g/mol. The molecule has 246 valence electrons. The van der Waals surface area contributed by atoms with Crippen molar-refractivity contribution in [3.05, 3.63) is 105 Å². The normalized spacial score (nSPS) is 24.9. The van der Waals surface area contributed by atoms with Crippen molar-refractivity contribution >= 4 is 44.4 Å². The van der Waals surface area contributed by atoms with Crippen molar-refractivity contribution in [3.63, 3.8) is 0 Å². The summed E-state index contributed by atoms with van der Waals surface area (Å²) in [6.07, 6.45) is 7.25. The minimum Gasteiger partial charge on any atom is -0.385 e. The van der Waals surface area contributed by atoms with Crippen molar-refractivity contribution in [1.29, 1.82) is 0 Å². The Labute approximate surface area is 277 Å². The van der Waals surface area contributed by atoms with Crippen LogP contribution >= 0.6 is 22.9 Å². The number of fused-ring (bicyclic) bond motifs is 1. The maximum absolute atomic E-state index is 14.1. The summed E-state index contributed by atoms with van der Waals surface area (Å²) in [4.78, 5) is 15.4. The van der Waals surface area contributed by atoms with Gasteiger partial charge in [0.15, 0.2) is 10.8 Å². The molecule has 2 fully saturated rings. The summed E-state index contributed by atoms with van der Waals surface area (Å²) < 4.78 is 72.3. The van der Waals surface area contributed by atoms with Gasteiger partial charge < -0.3 is 10.0 Å². The molecule has 2 atom stereocenters. The van der Waals surface area contributed by atoms with Crippen LogP contribution in [0.3, 0.4) is 0 Å². The predicted molar refractivity (Wildman–Crippen MR) is 171 cm³/mol. The van der Waals surface area contributed by atoms with Gasteiger partial charge in [-0.15, -0.1) is 11.3 Å². The van der Waals surface area contributed by atoms with E-state index in [2.05, 4.69) is 19.8 Å². The van der Waals surface area contributed by atoms with E-state index >= 15 is 0 Å². The summed E-state index contributed by atoms with van der Waals surface area (Å²) in [5.41, 5.74) is 1.24. The predicted octanol–water partition coefficient (Wildman–Crippen LogP) is 5.66. The number of amidine groups is 1. The Bertz CT molecular complexity index is 1950. The highest BCUT2D eigenvalue weighted by atomic mass is 35.5. The SMILES string of the molecule is O=S(=O)(N[C@H]1CC2=C(c3ccn(C(F)F)n3)[C@H](c3ccc(F)cc3Cl)N=C(c3nccs3)N2C1)[C@H]1CC[C@](O)(c2cccnc2)CC1. The minimum absolute atomic E-state index is 0.0934. The lowest BCUT2D eigenvalue weighted by molar-refractivity contribution is -0.000115. The van der Waals surface area contributed by atoms with Crippen LogP contribution in [0.15, 0.2) is 77.3 Å². The minimum atomic E-state index is -3.84. The summed E-state index contributed by atoms with van der Waals surface area (Å²) in [6, 6.07) is 7.41. The van der Waals surface area contributed by atoms with Crippen LogP contribution in [-0.2, 0) is 15.6 Å². The molecule has 47 heavy (non-hydrogen) atoms. The number of pyridine rings is 1. The molecular formula is C31H29ClF3N7O3S2. The van der Waals surface area contributed by atoms with Gasteiger partial charge >= 0.3 is 6.55 Å². The fourth-order valence-corrected chi connectivity index (χ4v) is 9.25. The van der Waals surface area contributed by atoms with Crippen molar-refractivity contribution < 1.29 is 26.7 Å². The topological polar surface area (TPSA) is 126 Å². The Morgan fingerprint density at radius 1 is 1.15 bits per heavy atom. The number of aliphatic hydroxyl groups is 1. The van der Waals surface area contributed by atoms with Crippen LogP contribution in [0.1, 0.15) is 66.5 Å². The van der Waals surface area contributed by atoms with Gasteiger partial charge in [0.05, 0.1) is 16.5 Å². The van der Waals surface area contributed by atoms with Crippen LogP contribution < -0.4 is 4.72 Å². The molecule has 2 N–H and O–H groups in total. The maximum Gasteiger partial charge on any atom is 0.333 e. The van der Waals surface area contributed by atoms with Crippen molar-refractivity contribution in [2.75, 3.05) is 6.54 Å². The third-order valence-electron chi connectivity index (χ3n) is 8.95. The molecule has 0 radical (unpaired) electrons. The molecule has 10 nitrogen and oxygen atoms in total. The van der Waals surface area contributed by atoms with Gasteiger partial charge in [0, 0.05) is 76.6 Å². The van der Waals surface area contributed by atoms with E-state index < -0.39 is 45.3 Å². The van der Waals surface area contributed by atoms with Gasteiger partial charge in [-0.3, -0.25) is 9.98 Å². The first-order chi connectivity index (χ1) is 22.5. The highest BCUT2D eigenvalue weighted by Crippen LogP contribution is 2.47. The first kappa shape index (κ1) is 31.9. The number of benzene rings is 1. The summed E-state index contributed by atoms with van der Waals surface area (Å²) in [5.74, 6) is -0.0910. The molecular weight excluding hydrogens is 675 g/mol. The van der Waals surface area contributed by atoms with Crippen molar-refractivity contribution in [2.24, 2.45) is 4.99 Å². The molecule has 0 unspecified atom stereocenters. The van der Waals surface area contributed by atoms with Crippen molar-refractivity contribution in [3.8, 4) is 0 Å². The van der Waals surface area contributed by atoms with Gasteiger partial charge in [0.2, 0.25) is 10.0 Å². The summed E-state index contributed by atoms with van der Waals surface area (Å²) in [6.45, 7) is -2.69. The molecule has 0 bridgehead atoms. The molecule has 4 aromatic rings. The van der Waals surface area contributed by atoms with Crippen LogP contribution in [0.5, 0.6) is 0 Å². The number of hydrogen-bond acceptors (Lipinski definition) is 9. The fourth-order valence-electron chi connectivity index (χ4n) is 6.67. The zero-order valence-electron chi connectivity index (χ0n) is 24.7. The van der Waals surface area contributed by atoms with Crippen LogP contribution in [0.25, 0.3) is 5.57 Å². The van der Waals surface area contributed by atoms with E-state index in [1.54, 1.807) is 36.1 Å². The second kappa shape index (κ2) is 12.4. The molecule has 1 saturated carbocycles. The van der Waals surface area contributed by atoms with E-state index in [-0.39, 0.29) is 49.4 Å². The van der Waals surface area contributed by atoms with Gasteiger partial charge in [-0.05, 0) is 49.9 Å². The van der Waals surface area contributed by atoms with Crippen LogP contribution in [0, 0.1) is 5.82 Å². The molecule has 0 spiro atoms. The highest BCUT2D eigenvalue weighted by Gasteiger charge is 2.44. The summed E-state index contributed by atoms with van der Waals surface area (Å²) in [7, 11) is -3.84. The average Bonchev–Trinajstić information content (AvgIpc) is 3.83. The van der Waals surface area contributed by atoms with Crippen LogP contribution in [0.4, 0.5) is 13.2 Å². The number of rotatable bonds is 8. The number of aliphatic imine (C=N–C) groups is 1. The molecule has 1 saturated heterocycles. The van der Waals surface area contributed by atoms with Crippen molar-refractivity contribution in [1.82, 2.24) is 29.4 Å². The molecule has 3 aliphatic rings. The van der Waals surface area contributed by atoms with Gasteiger partial charge in [0.1, 0.15) is 11.9 Å². The summed E-state index contributed by atoms with van der Waals surface area (Å²) >= 11 is 7.87. The number of halogens is 4. The average molecular weight is 704 g/mol. The Kier molecular flexibility index (Phi) is 8.45. The third kappa shape index (κ3) is 6.10. The van der Waals surface area contributed by atoms with Gasteiger partial charge in [0.25, 0.3) is 0 Å². The Balaban J connectivity index is 1.23. The van der Waals surface area contributed by atoms with Gasteiger partial charge in [-0.25, -0.2) is 27.2 Å². The van der Waals surface area contributed by atoms with Gasteiger partial charge in [-0.2, -0.15) is 13.9 Å². The van der Waals surface area contributed by atoms with Crippen LogP contribution in [-0.4, -0.2) is 61.8 Å². The largest absolute Gasteiger partial charge is 0.385 e. The Morgan fingerprint density at radius 3 is 2.62 bits per heavy atom. The Hall–Kier alpha value is -3.63. The lowest BCUT2D eigenvalue weighted by Crippen LogP contribution is -2.46. The van der Waals surface area contributed by atoms with E-state index in [9.17, 15) is 26.7 Å². The molecule has 7 rings (SSSR count). The molecule has 16 heteroatoms. The number of aromatic nitrogens is 4. The lowest BCUT2D eigenvalue weighted by Gasteiger charge is -2.36. The molecule has 5 heterocycles. The molecule has 1 aliphatic carbocycles. The zero-order chi connectivity index (χ0) is 32.9. The Morgan fingerprint density at radius 2 is 1.96 bits per heavy atom. The number of sulfonamides is 1. The van der Waals surface area contributed by atoms with E-state index in [1.807, 2.05) is 4.90 Å². The smallest absolute Gasteiger partial charge is 0.333 e. The molecule has 0 amide bonds. The first-order valence-corrected chi connectivity index (χ1v) is 17.7. The van der Waals surface area contributed by atoms with Gasteiger partial charge in [-0.1, -0.05) is 23.7 Å². The molecule has 2 aliphatic heterocycles. The third-order valence-corrected chi connectivity index (χ3v) is 12.1.